The maximum atomic E-state index is 9.68. The average Bonchev–Trinajstić information content (AvgIpc) is 2.32. The van der Waals surface area contributed by atoms with Crippen molar-refractivity contribution >= 4 is 29.1 Å². The highest BCUT2D eigenvalue weighted by Crippen LogP contribution is 2.32. The second kappa shape index (κ2) is 5.34. The normalized spacial score (nSPS) is 10.4. The molecule has 0 bridgehead atoms. The van der Waals surface area contributed by atoms with Crippen LogP contribution in [-0.4, -0.2) is 5.11 Å². The van der Waals surface area contributed by atoms with Gasteiger partial charge < -0.3 is 10.8 Å². The van der Waals surface area contributed by atoms with Crippen LogP contribution in [0, 0.1) is 0 Å². The first kappa shape index (κ1) is 12.1. The van der Waals surface area contributed by atoms with E-state index < -0.39 is 0 Å². The van der Waals surface area contributed by atoms with Crippen molar-refractivity contribution in [3.8, 4) is 5.75 Å². The van der Waals surface area contributed by atoms with Crippen LogP contribution in [0.2, 0.25) is 5.02 Å². The summed E-state index contributed by atoms with van der Waals surface area (Å²) in [7, 11) is 0. The minimum absolute atomic E-state index is 0.263. The fourth-order valence-electron chi connectivity index (χ4n) is 1.44. The lowest BCUT2D eigenvalue weighted by molar-refractivity contribution is 0.471. The third kappa shape index (κ3) is 3.08. The fraction of sp³-hybridized carbons (Fsp3) is 0.0769. The van der Waals surface area contributed by atoms with E-state index in [4.69, 9.17) is 17.3 Å². The zero-order chi connectivity index (χ0) is 12.3. The number of hydrogen-bond acceptors (Lipinski definition) is 3. The quantitative estimate of drug-likeness (QED) is 0.502. The average molecular weight is 266 g/mol. The summed E-state index contributed by atoms with van der Waals surface area (Å²) >= 11 is 7.63. The van der Waals surface area contributed by atoms with Gasteiger partial charge in [-0.2, -0.15) is 0 Å². The van der Waals surface area contributed by atoms with Crippen molar-refractivity contribution in [2.45, 2.75) is 10.6 Å². The van der Waals surface area contributed by atoms with Crippen molar-refractivity contribution in [1.29, 1.82) is 0 Å². The molecule has 0 aliphatic carbocycles. The largest absolute Gasteiger partial charge is 0.508 e. The van der Waals surface area contributed by atoms with Crippen molar-refractivity contribution in [3.05, 3.63) is 53.1 Å². The number of phenols is 1. The molecule has 0 atom stereocenters. The molecule has 0 amide bonds. The third-order valence-corrected chi connectivity index (χ3v) is 3.89. The molecule has 0 saturated carbocycles. The van der Waals surface area contributed by atoms with Gasteiger partial charge in [0, 0.05) is 21.9 Å². The van der Waals surface area contributed by atoms with Crippen LogP contribution in [0.1, 0.15) is 5.56 Å². The minimum Gasteiger partial charge on any atom is -0.508 e. The van der Waals surface area contributed by atoms with Crippen LogP contribution in [-0.2, 0) is 5.75 Å². The Morgan fingerprint density at radius 3 is 2.71 bits per heavy atom. The number of nitrogens with two attached hydrogens (primary N) is 1. The number of benzene rings is 2. The fourth-order valence-corrected chi connectivity index (χ4v) is 2.66. The summed E-state index contributed by atoms with van der Waals surface area (Å²) in [5.74, 6) is 0.902. The molecule has 0 aliphatic heterocycles. The minimum atomic E-state index is 0.263. The summed E-state index contributed by atoms with van der Waals surface area (Å²) in [5, 5.41) is 10.4. The summed E-state index contributed by atoms with van der Waals surface area (Å²) in [6, 6.07) is 12.7. The number of halogens is 1. The van der Waals surface area contributed by atoms with Crippen LogP contribution in [0.3, 0.4) is 0 Å². The molecule has 0 unspecified atom stereocenters. The van der Waals surface area contributed by atoms with Crippen LogP contribution >= 0.6 is 23.4 Å². The molecule has 2 aromatic carbocycles. The smallest absolute Gasteiger partial charge is 0.119 e. The van der Waals surface area contributed by atoms with Crippen LogP contribution in [0.15, 0.2) is 47.4 Å². The van der Waals surface area contributed by atoms with Gasteiger partial charge in [0.05, 0.1) is 5.02 Å². The Kier molecular flexibility index (Phi) is 3.82. The van der Waals surface area contributed by atoms with Crippen molar-refractivity contribution in [2.75, 3.05) is 5.73 Å². The molecular weight excluding hydrogens is 254 g/mol. The Balaban J connectivity index is 2.12. The number of anilines is 1. The Hall–Kier alpha value is -1.32. The van der Waals surface area contributed by atoms with Crippen LogP contribution in [0.5, 0.6) is 5.75 Å². The zero-order valence-corrected chi connectivity index (χ0v) is 10.6. The second-order valence-corrected chi connectivity index (χ2v) is 5.03. The summed E-state index contributed by atoms with van der Waals surface area (Å²) < 4.78 is 0. The number of rotatable bonds is 3. The second-order valence-electron chi connectivity index (χ2n) is 3.61. The molecule has 0 heterocycles. The van der Waals surface area contributed by atoms with Gasteiger partial charge in [0.2, 0.25) is 0 Å². The highest BCUT2D eigenvalue weighted by molar-refractivity contribution is 7.98. The molecule has 4 heteroatoms. The molecule has 0 fully saturated rings. The zero-order valence-electron chi connectivity index (χ0n) is 9.06. The van der Waals surface area contributed by atoms with Crippen molar-refractivity contribution in [1.82, 2.24) is 0 Å². The summed E-state index contributed by atoms with van der Waals surface area (Å²) in [5.41, 5.74) is 7.15. The topological polar surface area (TPSA) is 46.2 Å². The Bertz CT molecular complexity index is 531. The molecule has 2 aromatic rings. The standard InChI is InChI=1S/C13H12ClNOS/c14-11-3-1-2-4-13(11)17-8-9-7-10(15)5-6-12(9)16/h1-7,16H,8,15H2. The molecule has 0 aliphatic rings. The highest BCUT2D eigenvalue weighted by atomic mass is 35.5. The van der Waals surface area contributed by atoms with Crippen LogP contribution < -0.4 is 5.73 Å². The predicted molar refractivity (Wildman–Crippen MR) is 73.5 cm³/mol. The molecule has 88 valence electrons. The van der Waals surface area contributed by atoms with Gasteiger partial charge in [-0.05, 0) is 30.3 Å². The summed E-state index contributed by atoms with van der Waals surface area (Å²) in [6.45, 7) is 0. The lowest BCUT2D eigenvalue weighted by atomic mass is 10.2. The van der Waals surface area contributed by atoms with Crippen LogP contribution in [0.25, 0.3) is 0 Å². The van der Waals surface area contributed by atoms with Gasteiger partial charge in [0.1, 0.15) is 5.75 Å². The van der Waals surface area contributed by atoms with Gasteiger partial charge in [-0.3, -0.25) is 0 Å². The van der Waals surface area contributed by atoms with Gasteiger partial charge in [0.25, 0.3) is 0 Å². The molecule has 3 N–H and O–H groups in total. The maximum Gasteiger partial charge on any atom is 0.119 e. The SMILES string of the molecule is Nc1ccc(O)c(CSc2ccccc2Cl)c1. The van der Waals surface area contributed by atoms with E-state index in [1.165, 1.54) is 0 Å². The molecule has 0 spiro atoms. The molecule has 2 rings (SSSR count). The lowest BCUT2D eigenvalue weighted by Gasteiger charge is -2.06. The van der Waals surface area contributed by atoms with Gasteiger partial charge in [0.15, 0.2) is 0 Å². The first-order valence-electron chi connectivity index (χ1n) is 5.11. The number of hydrogen-bond donors (Lipinski definition) is 2. The lowest BCUT2D eigenvalue weighted by Crippen LogP contribution is -1.88. The van der Waals surface area contributed by atoms with E-state index >= 15 is 0 Å². The Labute approximate surface area is 109 Å². The van der Waals surface area contributed by atoms with E-state index in [1.54, 1.807) is 30.0 Å². The van der Waals surface area contributed by atoms with Crippen molar-refractivity contribution in [3.63, 3.8) is 0 Å². The molecule has 0 aromatic heterocycles. The number of phenolic OH excluding ortho intramolecular Hbond substituents is 1. The van der Waals surface area contributed by atoms with Gasteiger partial charge in [-0.25, -0.2) is 0 Å². The van der Waals surface area contributed by atoms with Crippen LogP contribution in [0.4, 0.5) is 5.69 Å². The molecular formula is C13H12ClNOS. The van der Waals surface area contributed by atoms with E-state index in [1.807, 2.05) is 24.3 Å². The molecule has 0 radical (unpaired) electrons. The Morgan fingerprint density at radius 1 is 1.18 bits per heavy atom. The number of aromatic hydroxyl groups is 1. The van der Waals surface area contributed by atoms with E-state index in [9.17, 15) is 5.11 Å². The van der Waals surface area contributed by atoms with Gasteiger partial charge >= 0.3 is 0 Å². The third-order valence-electron chi connectivity index (χ3n) is 2.32. The van der Waals surface area contributed by atoms with E-state index in [0.717, 1.165) is 15.5 Å². The van der Waals surface area contributed by atoms with Crippen molar-refractivity contribution in [2.24, 2.45) is 0 Å². The molecule has 0 saturated heterocycles. The predicted octanol–water partition coefficient (Wildman–Crippen LogP) is 3.92. The van der Waals surface area contributed by atoms with Crippen molar-refractivity contribution < 1.29 is 5.11 Å². The first-order chi connectivity index (χ1) is 8.16. The van der Waals surface area contributed by atoms with E-state index in [2.05, 4.69) is 0 Å². The van der Waals surface area contributed by atoms with E-state index in [-0.39, 0.29) is 5.75 Å². The Morgan fingerprint density at radius 2 is 1.94 bits per heavy atom. The first-order valence-corrected chi connectivity index (χ1v) is 6.48. The highest BCUT2D eigenvalue weighted by Gasteiger charge is 2.04. The monoisotopic (exact) mass is 265 g/mol. The molecule has 17 heavy (non-hydrogen) atoms. The summed E-state index contributed by atoms with van der Waals surface area (Å²) in [4.78, 5) is 0.996. The van der Waals surface area contributed by atoms with E-state index in [0.29, 0.717) is 11.4 Å². The molecule has 2 nitrogen and oxygen atoms in total. The van der Waals surface area contributed by atoms with Gasteiger partial charge in [-0.15, -0.1) is 11.8 Å². The number of nitrogen functional groups attached to an aromatic ring is 1. The number of thioether (sulfide) groups is 1. The summed E-state index contributed by atoms with van der Waals surface area (Å²) in [6.07, 6.45) is 0. The maximum absolute atomic E-state index is 9.68. The van der Waals surface area contributed by atoms with Gasteiger partial charge in [-0.1, -0.05) is 23.7 Å².